The van der Waals surface area contributed by atoms with Gasteiger partial charge in [0.05, 0.1) is 0 Å². The lowest BCUT2D eigenvalue weighted by atomic mass is 10.0. The fraction of sp³-hybridized carbons (Fsp3) is 0.600. The quantitative estimate of drug-likeness (QED) is 0.898. The lowest BCUT2D eigenvalue weighted by Crippen LogP contribution is -2.33. The Hall–Kier alpha value is -0.540. The van der Waals surface area contributed by atoms with Crippen LogP contribution in [0.25, 0.3) is 0 Å². The Balaban J connectivity index is 1.49. The van der Waals surface area contributed by atoms with E-state index in [9.17, 15) is 0 Å². The van der Waals surface area contributed by atoms with E-state index in [-0.39, 0.29) is 0 Å². The summed E-state index contributed by atoms with van der Waals surface area (Å²) in [6.07, 6.45) is 5.44. The van der Waals surface area contributed by atoms with Crippen molar-refractivity contribution >= 4 is 15.9 Å². The third-order valence-electron chi connectivity index (χ3n) is 4.34. The van der Waals surface area contributed by atoms with Crippen LogP contribution in [0.15, 0.2) is 22.7 Å². The number of fused-ring (bicyclic) bond motifs is 1. The van der Waals surface area contributed by atoms with E-state index in [0.29, 0.717) is 11.5 Å². The molecule has 3 rings (SSSR count). The van der Waals surface area contributed by atoms with Crippen molar-refractivity contribution in [1.29, 1.82) is 0 Å². The van der Waals surface area contributed by atoms with Gasteiger partial charge in [0.1, 0.15) is 11.9 Å². The summed E-state index contributed by atoms with van der Waals surface area (Å²) >= 11 is 3.51. The van der Waals surface area contributed by atoms with E-state index in [1.807, 2.05) is 6.07 Å². The molecular weight excluding hydrogens is 290 g/mol. The number of ether oxygens (including phenoxy) is 1. The molecule has 1 heterocycles. The first-order valence-electron chi connectivity index (χ1n) is 6.87. The first-order valence-corrected chi connectivity index (χ1v) is 7.66. The largest absolute Gasteiger partial charge is 0.488 e. The normalized spacial score (nSPS) is 23.6. The number of hydrogen-bond donors (Lipinski definition) is 1. The highest BCUT2D eigenvalue weighted by Crippen LogP contribution is 2.47. The predicted octanol–water partition coefficient (Wildman–Crippen LogP) is 3.53. The van der Waals surface area contributed by atoms with Crippen LogP contribution in [0.5, 0.6) is 5.75 Å². The summed E-state index contributed by atoms with van der Waals surface area (Å²) < 4.78 is 7.09. The average Bonchev–Trinajstić information content (AvgIpc) is 3.02. The second-order valence-corrected chi connectivity index (χ2v) is 6.60. The molecule has 2 nitrogen and oxygen atoms in total. The van der Waals surface area contributed by atoms with Gasteiger partial charge in [-0.25, -0.2) is 0 Å². The fourth-order valence-corrected chi connectivity index (χ4v) is 3.14. The maximum absolute atomic E-state index is 5.95. The van der Waals surface area contributed by atoms with E-state index < -0.39 is 0 Å². The summed E-state index contributed by atoms with van der Waals surface area (Å²) in [5, 5.41) is 3.59. The molecular formula is C15H20BrNO. The fourth-order valence-electron chi connectivity index (χ4n) is 2.73. The number of rotatable bonds is 5. The standard InChI is InChI=1S/C15H20BrNO/c1-2-15(5-6-15)10-17-9-13-8-11-7-12(16)3-4-14(11)18-13/h3-4,7,13,17H,2,5-6,8-10H2,1H3. The molecule has 0 saturated heterocycles. The first-order chi connectivity index (χ1) is 8.71. The maximum atomic E-state index is 5.95. The molecule has 0 spiro atoms. The van der Waals surface area contributed by atoms with E-state index in [1.165, 1.54) is 24.8 Å². The maximum Gasteiger partial charge on any atom is 0.123 e. The minimum absolute atomic E-state index is 0.307. The van der Waals surface area contributed by atoms with Crippen LogP contribution in [0.3, 0.4) is 0 Å². The number of hydrogen-bond acceptors (Lipinski definition) is 2. The highest BCUT2D eigenvalue weighted by atomic mass is 79.9. The molecule has 2 aliphatic rings. The van der Waals surface area contributed by atoms with Gasteiger partial charge in [-0.3, -0.25) is 0 Å². The third kappa shape index (κ3) is 2.57. The molecule has 0 bridgehead atoms. The molecule has 98 valence electrons. The molecule has 1 fully saturated rings. The van der Waals surface area contributed by atoms with Gasteiger partial charge in [-0.1, -0.05) is 22.9 Å². The van der Waals surface area contributed by atoms with E-state index in [2.05, 4.69) is 40.3 Å². The molecule has 1 aliphatic heterocycles. The monoisotopic (exact) mass is 309 g/mol. The molecule has 0 aromatic heterocycles. The van der Waals surface area contributed by atoms with Gasteiger partial charge in [0.2, 0.25) is 0 Å². The second kappa shape index (κ2) is 4.86. The molecule has 0 amide bonds. The van der Waals surface area contributed by atoms with Gasteiger partial charge in [-0.2, -0.15) is 0 Å². The SMILES string of the molecule is CCC1(CNCC2Cc3cc(Br)ccc3O2)CC1. The molecule has 1 saturated carbocycles. The second-order valence-electron chi connectivity index (χ2n) is 5.68. The van der Waals surface area contributed by atoms with Crippen molar-refractivity contribution in [2.24, 2.45) is 5.41 Å². The van der Waals surface area contributed by atoms with Crippen LogP contribution in [0.2, 0.25) is 0 Å². The Kier molecular flexibility index (Phi) is 3.37. The molecule has 1 aromatic rings. The Bertz CT molecular complexity index is 442. The van der Waals surface area contributed by atoms with Gasteiger partial charge in [0.25, 0.3) is 0 Å². The minimum atomic E-state index is 0.307. The predicted molar refractivity (Wildman–Crippen MR) is 77.1 cm³/mol. The van der Waals surface area contributed by atoms with Crippen molar-refractivity contribution in [3.8, 4) is 5.75 Å². The Morgan fingerprint density at radius 3 is 3.00 bits per heavy atom. The average molecular weight is 310 g/mol. The van der Waals surface area contributed by atoms with Crippen molar-refractivity contribution in [2.75, 3.05) is 13.1 Å². The highest BCUT2D eigenvalue weighted by molar-refractivity contribution is 9.10. The summed E-state index contributed by atoms with van der Waals surface area (Å²) in [7, 11) is 0. The van der Waals surface area contributed by atoms with Crippen LogP contribution in [0.4, 0.5) is 0 Å². The van der Waals surface area contributed by atoms with Crippen molar-refractivity contribution in [3.05, 3.63) is 28.2 Å². The topological polar surface area (TPSA) is 21.3 Å². The Labute approximate surface area is 117 Å². The summed E-state index contributed by atoms with van der Waals surface area (Å²) in [6.45, 7) is 4.42. The summed E-state index contributed by atoms with van der Waals surface area (Å²) in [5.41, 5.74) is 1.95. The molecule has 0 radical (unpaired) electrons. The van der Waals surface area contributed by atoms with E-state index >= 15 is 0 Å². The zero-order valence-corrected chi connectivity index (χ0v) is 12.4. The highest BCUT2D eigenvalue weighted by Gasteiger charge is 2.40. The smallest absolute Gasteiger partial charge is 0.123 e. The van der Waals surface area contributed by atoms with Gasteiger partial charge in [0.15, 0.2) is 0 Å². The van der Waals surface area contributed by atoms with Crippen LogP contribution in [-0.4, -0.2) is 19.2 Å². The van der Waals surface area contributed by atoms with Crippen LogP contribution in [0.1, 0.15) is 31.7 Å². The summed E-state index contributed by atoms with van der Waals surface area (Å²) in [4.78, 5) is 0. The van der Waals surface area contributed by atoms with E-state index in [4.69, 9.17) is 4.74 Å². The van der Waals surface area contributed by atoms with Crippen LogP contribution in [0, 0.1) is 5.41 Å². The first kappa shape index (κ1) is 12.5. The van der Waals surface area contributed by atoms with Crippen molar-refractivity contribution in [2.45, 2.75) is 38.7 Å². The zero-order valence-electron chi connectivity index (χ0n) is 10.8. The summed E-state index contributed by atoms with van der Waals surface area (Å²) in [5.74, 6) is 1.06. The summed E-state index contributed by atoms with van der Waals surface area (Å²) in [6, 6.07) is 6.28. The Morgan fingerprint density at radius 1 is 1.44 bits per heavy atom. The minimum Gasteiger partial charge on any atom is -0.488 e. The number of halogens is 1. The van der Waals surface area contributed by atoms with Crippen LogP contribution < -0.4 is 10.1 Å². The Morgan fingerprint density at radius 2 is 2.28 bits per heavy atom. The number of benzene rings is 1. The van der Waals surface area contributed by atoms with E-state index in [1.54, 1.807) is 0 Å². The van der Waals surface area contributed by atoms with Gasteiger partial charge < -0.3 is 10.1 Å². The zero-order chi connectivity index (χ0) is 12.6. The molecule has 1 N–H and O–H groups in total. The van der Waals surface area contributed by atoms with E-state index in [0.717, 1.165) is 29.7 Å². The molecule has 1 aromatic carbocycles. The van der Waals surface area contributed by atoms with Crippen LogP contribution >= 0.6 is 15.9 Å². The molecule has 1 aliphatic carbocycles. The lowest BCUT2D eigenvalue weighted by Gasteiger charge is -2.16. The lowest BCUT2D eigenvalue weighted by molar-refractivity contribution is 0.223. The molecule has 1 unspecified atom stereocenters. The van der Waals surface area contributed by atoms with Gasteiger partial charge in [-0.15, -0.1) is 0 Å². The van der Waals surface area contributed by atoms with Gasteiger partial charge in [-0.05, 0) is 48.4 Å². The van der Waals surface area contributed by atoms with Crippen molar-refractivity contribution < 1.29 is 4.74 Å². The van der Waals surface area contributed by atoms with Crippen molar-refractivity contribution in [1.82, 2.24) is 5.32 Å². The van der Waals surface area contributed by atoms with Gasteiger partial charge >= 0.3 is 0 Å². The van der Waals surface area contributed by atoms with Crippen molar-refractivity contribution in [3.63, 3.8) is 0 Å². The molecule has 3 heteroatoms. The molecule has 18 heavy (non-hydrogen) atoms. The number of nitrogens with one attached hydrogen (secondary N) is 1. The molecule has 1 atom stereocenters. The third-order valence-corrected chi connectivity index (χ3v) is 4.84. The van der Waals surface area contributed by atoms with Crippen LogP contribution in [-0.2, 0) is 6.42 Å². The van der Waals surface area contributed by atoms with Gasteiger partial charge in [0, 0.05) is 24.0 Å².